The van der Waals surface area contributed by atoms with Crippen LogP contribution in [0, 0.1) is 0 Å². The summed E-state index contributed by atoms with van der Waals surface area (Å²) in [6.07, 6.45) is 1.44. The average Bonchev–Trinajstić information content (AvgIpc) is 2.38. The number of aromatic nitrogens is 2. The average molecular weight is 256 g/mol. The maximum atomic E-state index is 10.7. The summed E-state index contributed by atoms with van der Waals surface area (Å²) >= 11 is 0. The molecule has 0 saturated carbocycles. The zero-order chi connectivity index (χ0) is 13.8. The number of carboxylic acids is 1. The van der Waals surface area contributed by atoms with E-state index >= 15 is 0 Å². The molecule has 1 heterocycles. The Morgan fingerprint density at radius 1 is 1.21 bits per heavy atom. The first-order valence-corrected chi connectivity index (χ1v) is 6.20. The van der Waals surface area contributed by atoms with Gasteiger partial charge in [0, 0.05) is 11.8 Å². The molecule has 4 heteroatoms. The van der Waals surface area contributed by atoms with Crippen LogP contribution in [-0.4, -0.2) is 21.0 Å². The standard InChI is InChI=1S/C15H16N2O2/c1-10(2)11-3-5-12(6-4-11)13-7-8-16-14(17-13)9-15(18)19/h3-8,10H,9H2,1-2H3,(H,18,19). The third-order valence-electron chi connectivity index (χ3n) is 2.89. The van der Waals surface area contributed by atoms with E-state index in [4.69, 9.17) is 5.11 Å². The second-order valence-electron chi connectivity index (χ2n) is 4.71. The monoisotopic (exact) mass is 256 g/mol. The van der Waals surface area contributed by atoms with Gasteiger partial charge in [0.05, 0.1) is 5.69 Å². The first kappa shape index (κ1) is 13.2. The summed E-state index contributed by atoms with van der Waals surface area (Å²) in [5.74, 6) is -0.104. The smallest absolute Gasteiger partial charge is 0.311 e. The third-order valence-corrected chi connectivity index (χ3v) is 2.89. The van der Waals surface area contributed by atoms with Gasteiger partial charge < -0.3 is 5.11 Å². The first-order chi connectivity index (χ1) is 9.06. The van der Waals surface area contributed by atoms with Crippen LogP contribution in [0.4, 0.5) is 0 Å². The lowest BCUT2D eigenvalue weighted by Gasteiger charge is -2.07. The predicted molar refractivity (Wildman–Crippen MR) is 72.9 cm³/mol. The number of carboxylic acid groups (broad SMARTS) is 1. The van der Waals surface area contributed by atoms with Crippen LogP contribution in [0.2, 0.25) is 0 Å². The van der Waals surface area contributed by atoms with E-state index in [0.29, 0.717) is 11.7 Å². The fraction of sp³-hybridized carbons (Fsp3) is 0.267. The Morgan fingerprint density at radius 3 is 2.47 bits per heavy atom. The predicted octanol–water partition coefficient (Wildman–Crippen LogP) is 2.89. The molecule has 1 N–H and O–H groups in total. The summed E-state index contributed by atoms with van der Waals surface area (Å²) in [6.45, 7) is 4.29. The van der Waals surface area contributed by atoms with Crippen molar-refractivity contribution in [2.75, 3.05) is 0 Å². The lowest BCUT2D eigenvalue weighted by Crippen LogP contribution is -2.05. The van der Waals surface area contributed by atoms with Gasteiger partial charge in [-0.15, -0.1) is 0 Å². The van der Waals surface area contributed by atoms with Crippen LogP contribution in [0.1, 0.15) is 31.2 Å². The number of rotatable bonds is 4. The highest BCUT2D eigenvalue weighted by Crippen LogP contribution is 2.21. The topological polar surface area (TPSA) is 63.1 Å². The Kier molecular flexibility index (Phi) is 3.90. The van der Waals surface area contributed by atoms with Gasteiger partial charge >= 0.3 is 5.97 Å². The zero-order valence-electron chi connectivity index (χ0n) is 11.0. The van der Waals surface area contributed by atoms with Crippen LogP contribution >= 0.6 is 0 Å². The van der Waals surface area contributed by atoms with Crippen LogP contribution in [0.15, 0.2) is 36.5 Å². The number of nitrogens with zero attached hydrogens (tertiary/aromatic N) is 2. The summed E-state index contributed by atoms with van der Waals surface area (Å²) in [7, 11) is 0. The molecule has 0 fully saturated rings. The minimum atomic E-state index is -0.924. The summed E-state index contributed by atoms with van der Waals surface area (Å²) in [4.78, 5) is 18.9. The van der Waals surface area contributed by atoms with Gasteiger partial charge in [-0.1, -0.05) is 38.1 Å². The molecule has 1 aromatic heterocycles. The summed E-state index contributed by atoms with van der Waals surface area (Å²) < 4.78 is 0. The van der Waals surface area contributed by atoms with Gasteiger partial charge in [-0.05, 0) is 17.5 Å². The van der Waals surface area contributed by atoms with Crippen molar-refractivity contribution < 1.29 is 9.90 Å². The van der Waals surface area contributed by atoms with Gasteiger partial charge in [0.1, 0.15) is 12.2 Å². The second-order valence-corrected chi connectivity index (χ2v) is 4.71. The molecule has 2 aromatic rings. The normalized spacial score (nSPS) is 10.7. The van der Waals surface area contributed by atoms with Gasteiger partial charge in [-0.2, -0.15) is 0 Å². The molecule has 0 spiro atoms. The molecule has 0 atom stereocenters. The number of aliphatic carboxylic acids is 1. The van der Waals surface area contributed by atoms with Crippen molar-refractivity contribution in [3.8, 4) is 11.3 Å². The van der Waals surface area contributed by atoms with Crippen molar-refractivity contribution in [3.05, 3.63) is 47.9 Å². The fourth-order valence-electron chi connectivity index (χ4n) is 1.82. The minimum Gasteiger partial charge on any atom is -0.481 e. The van der Waals surface area contributed by atoms with Crippen LogP contribution in [0.25, 0.3) is 11.3 Å². The van der Waals surface area contributed by atoms with Crippen molar-refractivity contribution in [3.63, 3.8) is 0 Å². The lowest BCUT2D eigenvalue weighted by atomic mass is 10.0. The molecule has 19 heavy (non-hydrogen) atoms. The molecular formula is C15H16N2O2. The first-order valence-electron chi connectivity index (χ1n) is 6.20. The van der Waals surface area contributed by atoms with Crippen LogP contribution in [0.3, 0.4) is 0 Å². The Labute approximate surface area is 112 Å². The van der Waals surface area contributed by atoms with Crippen LogP contribution < -0.4 is 0 Å². The number of hydrogen-bond donors (Lipinski definition) is 1. The lowest BCUT2D eigenvalue weighted by molar-refractivity contribution is -0.136. The van der Waals surface area contributed by atoms with E-state index in [1.807, 2.05) is 12.1 Å². The Balaban J connectivity index is 2.28. The van der Waals surface area contributed by atoms with Gasteiger partial charge in [-0.3, -0.25) is 4.79 Å². The minimum absolute atomic E-state index is 0.155. The second kappa shape index (κ2) is 5.61. The molecule has 0 aliphatic carbocycles. The number of carbonyl (C=O) groups is 1. The summed E-state index contributed by atoms with van der Waals surface area (Å²) in [5, 5.41) is 8.75. The SMILES string of the molecule is CC(C)c1ccc(-c2ccnc(CC(=O)O)n2)cc1. The molecule has 4 nitrogen and oxygen atoms in total. The van der Waals surface area contributed by atoms with E-state index in [0.717, 1.165) is 11.3 Å². The summed E-state index contributed by atoms with van der Waals surface area (Å²) in [5.41, 5.74) is 2.99. The zero-order valence-corrected chi connectivity index (χ0v) is 11.0. The van der Waals surface area contributed by atoms with Gasteiger partial charge in [-0.25, -0.2) is 9.97 Å². The van der Waals surface area contributed by atoms with E-state index in [1.54, 1.807) is 12.3 Å². The number of benzene rings is 1. The van der Waals surface area contributed by atoms with Crippen molar-refractivity contribution in [2.45, 2.75) is 26.2 Å². The molecule has 0 unspecified atom stereocenters. The van der Waals surface area contributed by atoms with E-state index in [2.05, 4.69) is 35.9 Å². The largest absolute Gasteiger partial charge is 0.481 e. The van der Waals surface area contributed by atoms with Gasteiger partial charge in [0.2, 0.25) is 0 Å². The highest BCUT2D eigenvalue weighted by atomic mass is 16.4. The van der Waals surface area contributed by atoms with Gasteiger partial charge in [0.25, 0.3) is 0 Å². The Morgan fingerprint density at radius 2 is 1.89 bits per heavy atom. The molecule has 0 aliphatic heterocycles. The van der Waals surface area contributed by atoms with Crippen molar-refractivity contribution in [1.82, 2.24) is 9.97 Å². The van der Waals surface area contributed by atoms with Crippen molar-refractivity contribution in [2.24, 2.45) is 0 Å². The Bertz CT molecular complexity index is 577. The molecule has 98 valence electrons. The van der Waals surface area contributed by atoms with E-state index in [-0.39, 0.29) is 6.42 Å². The van der Waals surface area contributed by atoms with Crippen molar-refractivity contribution >= 4 is 5.97 Å². The fourth-order valence-corrected chi connectivity index (χ4v) is 1.82. The quantitative estimate of drug-likeness (QED) is 0.913. The van der Waals surface area contributed by atoms with E-state index in [1.165, 1.54) is 5.56 Å². The molecule has 0 aliphatic rings. The molecule has 2 rings (SSSR count). The maximum absolute atomic E-state index is 10.7. The van der Waals surface area contributed by atoms with E-state index < -0.39 is 5.97 Å². The number of hydrogen-bond acceptors (Lipinski definition) is 3. The van der Waals surface area contributed by atoms with E-state index in [9.17, 15) is 4.79 Å². The van der Waals surface area contributed by atoms with Crippen molar-refractivity contribution in [1.29, 1.82) is 0 Å². The molecule has 0 saturated heterocycles. The molecule has 0 bridgehead atoms. The van der Waals surface area contributed by atoms with Crippen LogP contribution in [-0.2, 0) is 11.2 Å². The molecule has 0 radical (unpaired) electrons. The van der Waals surface area contributed by atoms with Gasteiger partial charge in [0.15, 0.2) is 0 Å². The third kappa shape index (κ3) is 3.37. The van der Waals surface area contributed by atoms with Crippen LogP contribution in [0.5, 0.6) is 0 Å². The highest BCUT2D eigenvalue weighted by molar-refractivity contribution is 5.69. The Hall–Kier alpha value is -2.23. The molecular weight excluding hydrogens is 240 g/mol. The molecule has 1 aromatic carbocycles. The summed E-state index contributed by atoms with van der Waals surface area (Å²) in [6, 6.07) is 9.93. The maximum Gasteiger partial charge on any atom is 0.311 e. The highest BCUT2D eigenvalue weighted by Gasteiger charge is 2.06. The molecule has 0 amide bonds.